The van der Waals surface area contributed by atoms with Crippen molar-refractivity contribution in [2.75, 3.05) is 32.8 Å². The largest absolute Gasteiger partial charge is 0.490 e. The van der Waals surface area contributed by atoms with Gasteiger partial charge in [0.25, 0.3) is 0 Å². The summed E-state index contributed by atoms with van der Waals surface area (Å²) in [6, 6.07) is 11.0. The van der Waals surface area contributed by atoms with E-state index in [9.17, 15) is 9.59 Å². The Morgan fingerprint density at radius 3 is 2.34 bits per heavy atom. The molecule has 1 heterocycles. The molecule has 35 heavy (non-hydrogen) atoms. The number of hydrogen-bond donors (Lipinski definition) is 0. The summed E-state index contributed by atoms with van der Waals surface area (Å²) >= 11 is 4.42. The van der Waals surface area contributed by atoms with E-state index in [4.69, 9.17) is 13.9 Å². The van der Waals surface area contributed by atoms with Gasteiger partial charge in [-0.3, -0.25) is 9.59 Å². The minimum absolute atomic E-state index is 0.0831. The second-order valence-corrected chi connectivity index (χ2v) is 10.4. The minimum atomic E-state index is -0.396. The first kappa shape index (κ1) is 27.9. The van der Waals surface area contributed by atoms with Gasteiger partial charge in [-0.15, -0.1) is 0 Å². The first-order chi connectivity index (χ1) is 16.9. The van der Waals surface area contributed by atoms with Crippen molar-refractivity contribution >= 4 is 67.9 Å². The van der Waals surface area contributed by atoms with E-state index in [0.717, 1.165) is 45.4 Å². The van der Waals surface area contributed by atoms with Crippen molar-refractivity contribution in [1.29, 1.82) is 0 Å². The lowest BCUT2D eigenvalue weighted by atomic mass is 9.99. The number of hydrogen-bond acceptors (Lipinski definition) is 6. The van der Waals surface area contributed by atoms with Crippen LogP contribution in [0.5, 0.6) is 5.75 Å². The average molecular weight is 703 g/mol. The fraction of sp³-hybridized carbons (Fsp3) is 0.407. The summed E-state index contributed by atoms with van der Waals surface area (Å²) in [5.74, 6) is 0.540. The van der Waals surface area contributed by atoms with Crippen LogP contribution in [0.3, 0.4) is 0 Å². The number of furan rings is 1. The van der Waals surface area contributed by atoms with Crippen molar-refractivity contribution < 1.29 is 23.5 Å². The van der Waals surface area contributed by atoms with Gasteiger partial charge in [0.15, 0.2) is 5.78 Å². The molecule has 0 N–H and O–H groups in total. The smallest absolute Gasteiger partial charge is 0.313 e. The highest BCUT2D eigenvalue weighted by atomic mass is 127. The molecule has 2 aromatic carbocycles. The summed E-state index contributed by atoms with van der Waals surface area (Å²) < 4.78 is 19.1. The number of ether oxygens (including phenoxy) is 2. The lowest BCUT2D eigenvalue weighted by Gasteiger charge is -2.19. The molecule has 0 aliphatic carbocycles. The number of benzene rings is 2. The van der Waals surface area contributed by atoms with Crippen molar-refractivity contribution in [1.82, 2.24) is 4.90 Å². The molecule has 0 unspecified atom stereocenters. The predicted molar refractivity (Wildman–Crippen MR) is 154 cm³/mol. The summed E-state index contributed by atoms with van der Waals surface area (Å²) in [5, 5.41) is 0.693. The van der Waals surface area contributed by atoms with E-state index in [0.29, 0.717) is 41.1 Å². The number of likely N-dealkylation sites (N-methyl/N-ethyl adjacent to an activating group) is 1. The van der Waals surface area contributed by atoms with Gasteiger partial charge in [0.1, 0.15) is 30.1 Å². The number of carbonyl (C=O) groups is 2. The van der Waals surface area contributed by atoms with Crippen LogP contribution in [0.2, 0.25) is 0 Å². The fourth-order valence-electron chi connectivity index (χ4n) is 3.77. The molecular weight excluding hydrogens is 672 g/mol. The third-order valence-corrected chi connectivity index (χ3v) is 7.37. The standard InChI is InChI=1S/C27H31I2NO5/c1-4-7-13-33-24(31)17-23-25(19-10-8-9-11-22(19)35-23)26(32)18-15-20(28)27(21(29)16-18)34-14-12-30(5-2)6-3/h8-11,15-16H,4-7,12-14,17H2,1-3H3. The number of para-hydroxylation sites is 1. The maximum atomic E-state index is 13.7. The molecule has 0 aliphatic rings. The van der Waals surface area contributed by atoms with Crippen LogP contribution >= 0.6 is 45.2 Å². The van der Waals surface area contributed by atoms with Crippen LogP contribution in [0.1, 0.15) is 55.3 Å². The van der Waals surface area contributed by atoms with E-state index in [1.54, 1.807) is 6.07 Å². The van der Waals surface area contributed by atoms with Gasteiger partial charge in [0, 0.05) is 17.5 Å². The van der Waals surface area contributed by atoms with Crippen LogP contribution in [0.4, 0.5) is 0 Å². The average Bonchev–Trinajstić information content (AvgIpc) is 3.20. The maximum absolute atomic E-state index is 13.7. The van der Waals surface area contributed by atoms with Gasteiger partial charge in [-0.05, 0) is 82.9 Å². The van der Waals surface area contributed by atoms with Crippen LogP contribution in [-0.4, -0.2) is 49.5 Å². The quantitative estimate of drug-likeness (QED) is 0.0880. The lowest BCUT2D eigenvalue weighted by molar-refractivity contribution is -0.143. The molecule has 0 bridgehead atoms. The summed E-state index contributed by atoms with van der Waals surface area (Å²) in [5.41, 5.74) is 1.52. The first-order valence-electron chi connectivity index (χ1n) is 11.9. The van der Waals surface area contributed by atoms with Crippen LogP contribution in [0, 0.1) is 7.14 Å². The van der Waals surface area contributed by atoms with Crippen molar-refractivity contribution in [3.05, 3.63) is 60.4 Å². The minimum Gasteiger partial charge on any atom is -0.490 e. The molecule has 8 heteroatoms. The Morgan fingerprint density at radius 2 is 1.69 bits per heavy atom. The number of carbonyl (C=O) groups excluding carboxylic acids is 2. The Bertz CT molecular complexity index is 1150. The molecule has 6 nitrogen and oxygen atoms in total. The highest BCUT2D eigenvalue weighted by molar-refractivity contribution is 14.1. The number of ketones is 1. The summed E-state index contributed by atoms with van der Waals surface area (Å²) in [4.78, 5) is 28.4. The highest BCUT2D eigenvalue weighted by Crippen LogP contribution is 2.33. The van der Waals surface area contributed by atoms with Gasteiger partial charge >= 0.3 is 5.97 Å². The van der Waals surface area contributed by atoms with E-state index in [-0.39, 0.29) is 12.2 Å². The van der Waals surface area contributed by atoms with Gasteiger partial charge in [0.05, 0.1) is 19.3 Å². The fourth-order valence-corrected chi connectivity index (χ4v) is 5.85. The van der Waals surface area contributed by atoms with Crippen LogP contribution < -0.4 is 4.74 Å². The zero-order valence-corrected chi connectivity index (χ0v) is 24.7. The van der Waals surface area contributed by atoms with Crippen LogP contribution in [-0.2, 0) is 16.0 Å². The molecule has 0 fully saturated rings. The maximum Gasteiger partial charge on any atom is 0.313 e. The van der Waals surface area contributed by atoms with Gasteiger partial charge < -0.3 is 18.8 Å². The van der Waals surface area contributed by atoms with Crippen LogP contribution in [0.25, 0.3) is 11.0 Å². The molecule has 0 saturated heterocycles. The molecule has 3 rings (SSSR count). The number of nitrogens with zero attached hydrogens (tertiary/aromatic N) is 1. The SMILES string of the molecule is CCCCOC(=O)Cc1oc2ccccc2c1C(=O)c1cc(I)c(OCCN(CC)CC)c(I)c1. The van der Waals surface area contributed by atoms with Crippen molar-refractivity contribution in [2.45, 2.75) is 40.0 Å². The van der Waals surface area contributed by atoms with E-state index in [2.05, 4.69) is 63.9 Å². The Balaban J connectivity index is 1.87. The second-order valence-electron chi connectivity index (χ2n) is 8.12. The van der Waals surface area contributed by atoms with Crippen molar-refractivity contribution in [3.63, 3.8) is 0 Å². The molecule has 0 aliphatic heterocycles. The third-order valence-electron chi connectivity index (χ3n) is 5.77. The summed E-state index contributed by atoms with van der Waals surface area (Å²) in [6.45, 7) is 10.1. The van der Waals surface area contributed by atoms with Gasteiger partial charge in [0.2, 0.25) is 0 Å². The predicted octanol–water partition coefficient (Wildman–Crippen LogP) is 6.48. The normalized spacial score (nSPS) is 11.3. The van der Waals surface area contributed by atoms with Crippen molar-refractivity contribution in [3.8, 4) is 5.75 Å². The number of rotatable bonds is 13. The Labute approximate surface area is 234 Å². The molecule has 188 valence electrons. The molecule has 0 radical (unpaired) electrons. The molecule has 0 saturated carbocycles. The zero-order valence-electron chi connectivity index (χ0n) is 20.4. The van der Waals surface area contributed by atoms with Crippen LogP contribution in [0.15, 0.2) is 40.8 Å². The molecule has 1 aromatic heterocycles. The molecule has 0 atom stereocenters. The van der Waals surface area contributed by atoms with E-state index in [1.807, 2.05) is 37.3 Å². The van der Waals surface area contributed by atoms with E-state index in [1.165, 1.54) is 0 Å². The van der Waals surface area contributed by atoms with Gasteiger partial charge in [-0.2, -0.15) is 0 Å². The monoisotopic (exact) mass is 703 g/mol. The van der Waals surface area contributed by atoms with Gasteiger partial charge in [-0.1, -0.05) is 45.4 Å². The van der Waals surface area contributed by atoms with Crippen molar-refractivity contribution in [2.24, 2.45) is 0 Å². The molecule has 0 amide bonds. The molecular formula is C27H31I2NO5. The number of fused-ring (bicyclic) bond motifs is 1. The number of halogens is 2. The van der Waals surface area contributed by atoms with Gasteiger partial charge in [-0.25, -0.2) is 0 Å². The van der Waals surface area contributed by atoms with E-state index < -0.39 is 5.97 Å². The Hall–Kier alpha value is -1.66. The summed E-state index contributed by atoms with van der Waals surface area (Å²) in [7, 11) is 0. The second kappa shape index (κ2) is 13.6. The molecule has 3 aromatic rings. The Morgan fingerprint density at radius 1 is 1.00 bits per heavy atom. The van der Waals surface area contributed by atoms with E-state index >= 15 is 0 Å². The number of unbranched alkanes of at least 4 members (excludes halogenated alkanes) is 1. The Kier molecular flexibility index (Phi) is 10.8. The lowest BCUT2D eigenvalue weighted by Crippen LogP contribution is -2.28. The molecule has 0 spiro atoms. The topological polar surface area (TPSA) is 69.0 Å². The number of esters is 1. The highest BCUT2D eigenvalue weighted by Gasteiger charge is 2.25. The zero-order chi connectivity index (χ0) is 25.4. The first-order valence-corrected chi connectivity index (χ1v) is 14.1. The summed E-state index contributed by atoms with van der Waals surface area (Å²) in [6.07, 6.45) is 1.66. The third kappa shape index (κ3) is 7.19.